The molecule has 108 valence electrons. The molecule has 3 rings (SSSR count). The molecule has 2 saturated carbocycles. The number of rotatable bonds is 6. The third-order valence-electron chi connectivity index (χ3n) is 4.45. The minimum atomic E-state index is -0.0328. The van der Waals surface area contributed by atoms with E-state index in [4.69, 9.17) is 10.5 Å². The molecule has 0 radical (unpaired) electrons. The van der Waals surface area contributed by atoms with Gasteiger partial charge in [0.1, 0.15) is 5.75 Å². The van der Waals surface area contributed by atoms with E-state index in [-0.39, 0.29) is 5.91 Å². The number of amides is 1. The Balaban J connectivity index is 1.60. The van der Waals surface area contributed by atoms with Crippen molar-refractivity contribution in [3.63, 3.8) is 0 Å². The molecule has 0 atom stereocenters. The summed E-state index contributed by atoms with van der Waals surface area (Å²) in [5.41, 5.74) is 6.93. The van der Waals surface area contributed by atoms with Gasteiger partial charge in [0.25, 0.3) is 5.91 Å². The number of anilines is 1. The molecule has 20 heavy (non-hydrogen) atoms. The zero-order chi connectivity index (χ0) is 14.1. The van der Waals surface area contributed by atoms with Crippen molar-refractivity contribution in [2.24, 2.45) is 17.8 Å². The van der Waals surface area contributed by atoms with Crippen molar-refractivity contribution in [2.45, 2.75) is 25.7 Å². The number of nitrogens with two attached hydrogens (primary N) is 1. The smallest absolute Gasteiger partial charge is 0.251 e. The molecule has 4 heteroatoms. The maximum absolute atomic E-state index is 12.2. The third kappa shape index (κ3) is 2.89. The van der Waals surface area contributed by atoms with Crippen LogP contribution < -0.4 is 15.8 Å². The Morgan fingerprint density at radius 1 is 1.35 bits per heavy atom. The molecule has 1 amide bonds. The first kappa shape index (κ1) is 13.3. The fraction of sp³-hybridized carbons (Fsp3) is 0.562. The molecule has 1 aromatic carbocycles. The molecule has 0 aliphatic heterocycles. The fourth-order valence-corrected chi connectivity index (χ4v) is 2.93. The average Bonchev–Trinajstić information content (AvgIpc) is 3.32. The van der Waals surface area contributed by atoms with Crippen molar-refractivity contribution in [3.05, 3.63) is 23.8 Å². The zero-order valence-corrected chi connectivity index (χ0v) is 11.9. The fourth-order valence-electron chi connectivity index (χ4n) is 2.93. The minimum absolute atomic E-state index is 0.0328. The van der Waals surface area contributed by atoms with Crippen LogP contribution in [0, 0.1) is 17.8 Å². The monoisotopic (exact) mass is 274 g/mol. The lowest BCUT2D eigenvalue weighted by Crippen LogP contribution is -2.31. The van der Waals surface area contributed by atoms with Gasteiger partial charge in [-0.05, 0) is 61.6 Å². The number of hydrogen-bond acceptors (Lipinski definition) is 3. The van der Waals surface area contributed by atoms with E-state index in [1.165, 1.54) is 25.7 Å². The third-order valence-corrected chi connectivity index (χ3v) is 4.45. The van der Waals surface area contributed by atoms with Crippen LogP contribution in [0.25, 0.3) is 0 Å². The molecule has 4 nitrogen and oxygen atoms in total. The Bertz CT molecular complexity index is 495. The first-order valence-corrected chi connectivity index (χ1v) is 7.40. The molecule has 2 fully saturated rings. The SMILES string of the molecule is COc1cc(C(=O)NCC(C2CC2)C2CC2)ccc1N. The second-order valence-corrected chi connectivity index (χ2v) is 6.01. The van der Waals surface area contributed by atoms with Gasteiger partial charge in [-0.15, -0.1) is 0 Å². The second kappa shape index (κ2) is 5.35. The van der Waals surface area contributed by atoms with Crippen molar-refractivity contribution in [1.82, 2.24) is 5.32 Å². The summed E-state index contributed by atoms with van der Waals surface area (Å²) in [4.78, 5) is 12.2. The zero-order valence-electron chi connectivity index (χ0n) is 11.9. The summed E-state index contributed by atoms with van der Waals surface area (Å²) >= 11 is 0. The molecular weight excluding hydrogens is 252 g/mol. The van der Waals surface area contributed by atoms with E-state index in [0.717, 1.165) is 18.4 Å². The number of methoxy groups -OCH3 is 1. The highest BCUT2D eigenvalue weighted by Crippen LogP contribution is 2.48. The van der Waals surface area contributed by atoms with Gasteiger partial charge in [0.05, 0.1) is 12.8 Å². The van der Waals surface area contributed by atoms with Gasteiger partial charge < -0.3 is 15.8 Å². The van der Waals surface area contributed by atoms with Crippen LogP contribution in [0.1, 0.15) is 36.0 Å². The van der Waals surface area contributed by atoms with Gasteiger partial charge in [-0.25, -0.2) is 0 Å². The summed E-state index contributed by atoms with van der Waals surface area (Å²) in [5.74, 6) is 2.91. The van der Waals surface area contributed by atoms with Crippen molar-refractivity contribution < 1.29 is 9.53 Å². The van der Waals surface area contributed by atoms with Crippen LogP contribution in [0.5, 0.6) is 5.75 Å². The van der Waals surface area contributed by atoms with Crippen LogP contribution in [0.2, 0.25) is 0 Å². The van der Waals surface area contributed by atoms with Crippen LogP contribution in [0.15, 0.2) is 18.2 Å². The molecule has 0 spiro atoms. The molecule has 0 heterocycles. The van der Waals surface area contributed by atoms with E-state index in [1.807, 2.05) is 0 Å². The Kier molecular flexibility index (Phi) is 3.55. The van der Waals surface area contributed by atoms with Crippen LogP contribution >= 0.6 is 0 Å². The Morgan fingerprint density at radius 3 is 2.55 bits per heavy atom. The van der Waals surface area contributed by atoms with Crippen LogP contribution in [-0.4, -0.2) is 19.6 Å². The number of ether oxygens (including phenoxy) is 1. The molecule has 0 unspecified atom stereocenters. The first-order valence-electron chi connectivity index (χ1n) is 7.40. The summed E-state index contributed by atoms with van der Waals surface area (Å²) in [6.07, 6.45) is 5.36. The van der Waals surface area contributed by atoms with Gasteiger partial charge in [0.15, 0.2) is 0 Å². The predicted molar refractivity (Wildman–Crippen MR) is 78.7 cm³/mol. The predicted octanol–water partition coefficient (Wildman–Crippen LogP) is 2.44. The van der Waals surface area contributed by atoms with Gasteiger partial charge >= 0.3 is 0 Å². The maximum Gasteiger partial charge on any atom is 0.251 e. The summed E-state index contributed by atoms with van der Waals surface area (Å²) in [6, 6.07) is 5.16. The quantitative estimate of drug-likeness (QED) is 0.783. The second-order valence-electron chi connectivity index (χ2n) is 6.01. The van der Waals surface area contributed by atoms with E-state index in [2.05, 4.69) is 5.32 Å². The van der Waals surface area contributed by atoms with Gasteiger partial charge in [0.2, 0.25) is 0 Å². The van der Waals surface area contributed by atoms with E-state index in [1.54, 1.807) is 25.3 Å². The lowest BCUT2D eigenvalue weighted by Gasteiger charge is -2.16. The molecule has 0 bridgehead atoms. The Morgan fingerprint density at radius 2 is 2.00 bits per heavy atom. The molecular formula is C16H22N2O2. The Labute approximate surface area is 119 Å². The average molecular weight is 274 g/mol. The van der Waals surface area contributed by atoms with Crippen LogP contribution in [0.4, 0.5) is 5.69 Å². The number of hydrogen-bond donors (Lipinski definition) is 2. The first-order chi connectivity index (χ1) is 9.69. The molecule has 1 aromatic rings. The summed E-state index contributed by atoms with van der Waals surface area (Å²) < 4.78 is 5.15. The highest BCUT2D eigenvalue weighted by molar-refractivity contribution is 5.95. The van der Waals surface area contributed by atoms with Gasteiger partial charge in [-0.2, -0.15) is 0 Å². The number of nitrogens with one attached hydrogen (secondary N) is 1. The molecule has 3 N–H and O–H groups in total. The number of carbonyl (C=O) groups is 1. The molecule has 0 aromatic heterocycles. The van der Waals surface area contributed by atoms with E-state index >= 15 is 0 Å². The van der Waals surface area contributed by atoms with Crippen LogP contribution in [-0.2, 0) is 0 Å². The molecule has 0 saturated heterocycles. The topological polar surface area (TPSA) is 64.3 Å². The molecule has 2 aliphatic carbocycles. The molecule has 2 aliphatic rings. The van der Waals surface area contributed by atoms with E-state index in [9.17, 15) is 4.79 Å². The van der Waals surface area contributed by atoms with Gasteiger partial charge in [0, 0.05) is 12.1 Å². The number of carbonyl (C=O) groups excluding carboxylic acids is 1. The lowest BCUT2D eigenvalue weighted by molar-refractivity contribution is 0.0943. The standard InChI is InChI=1S/C16H22N2O2/c1-20-15-8-12(6-7-14(15)17)16(19)18-9-13(10-2-3-10)11-4-5-11/h6-8,10-11,13H,2-5,9,17H2,1H3,(H,18,19). The highest BCUT2D eigenvalue weighted by atomic mass is 16.5. The summed E-state index contributed by atoms with van der Waals surface area (Å²) in [7, 11) is 1.56. The Hall–Kier alpha value is -1.71. The summed E-state index contributed by atoms with van der Waals surface area (Å²) in [6.45, 7) is 0.806. The number of nitrogen functional groups attached to an aromatic ring is 1. The highest BCUT2D eigenvalue weighted by Gasteiger charge is 2.41. The van der Waals surface area contributed by atoms with Gasteiger partial charge in [-0.3, -0.25) is 4.79 Å². The van der Waals surface area contributed by atoms with Crippen molar-refractivity contribution >= 4 is 11.6 Å². The number of benzene rings is 1. The van der Waals surface area contributed by atoms with Crippen LogP contribution in [0.3, 0.4) is 0 Å². The van der Waals surface area contributed by atoms with E-state index < -0.39 is 0 Å². The van der Waals surface area contributed by atoms with E-state index in [0.29, 0.717) is 22.9 Å². The van der Waals surface area contributed by atoms with Gasteiger partial charge in [-0.1, -0.05) is 0 Å². The van der Waals surface area contributed by atoms with Crippen molar-refractivity contribution in [3.8, 4) is 5.75 Å². The van der Waals surface area contributed by atoms with Crippen molar-refractivity contribution in [2.75, 3.05) is 19.4 Å². The largest absolute Gasteiger partial charge is 0.495 e. The minimum Gasteiger partial charge on any atom is -0.495 e. The normalized spacial score (nSPS) is 18.1. The van der Waals surface area contributed by atoms with Crippen molar-refractivity contribution in [1.29, 1.82) is 0 Å². The summed E-state index contributed by atoms with van der Waals surface area (Å²) in [5, 5.41) is 3.08. The lowest BCUT2D eigenvalue weighted by atomic mass is 9.98. The maximum atomic E-state index is 12.2.